The highest BCUT2D eigenvalue weighted by atomic mass is 79.9. The minimum atomic E-state index is -0.431. The Morgan fingerprint density at radius 2 is 1.95 bits per heavy atom. The average Bonchev–Trinajstić information content (AvgIpc) is 3.31. The Balaban J connectivity index is 1.45. The number of aromatic amines is 1. The molecule has 0 aliphatic rings. The molecule has 0 bridgehead atoms. The second-order valence-corrected chi connectivity index (χ2v) is 9.50. The van der Waals surface area contributed by atoms with Crippen molar-refractivity contribution >= 4 is 50.4 Å². The first kappa shape index (κ1) is 26.3. The Morgan fingerprint density at radius 1 is 1.16 bits per heavy atom. The van der Waals surface area contributed by atoms with E-state index in [-0.39, 0.29) is 5.57 Å². The van der Waals surface area contributed by atoms with Crippen molar-refractivity contribution in [2.24, 2.45) is 0 Å². The molecule has 4 aromatic rings. The lowest BCUT2D eigenvalue weighted by molar-refractivity contribution is -0.117. The van der Waals surface area contributed by atoms with Gasteiger partial charge in [0, 0.05) is 28.7 Å². The lowest BCUT2D eigenvalue weighted by Crippen LogP contribution is -2.26. The number of hydrogen-bond acceptors (Lipinski definition) is 4. The molecule has 3 aromatic carbocycles. The summed E-state index contributed by atoms with van der Waals surface area (Å²) in [6, 6.07) is 21.0. The van der Waals surface area contributed by atoms with Gasteiger partial charge in [0.05, 0.1) is 11.1 Å². The standard InChI is InChI=1S/C29H25BrClN3O3/c1-2-36-27-15-20(14-25(30)28(27)37-18-19-7-9-23(31)10-8-19)13-22(16-32)29(35)33-12-11-21-17-34-26-6-4-3-5-24(21)26/h3-10,13-15,17,34H,2,11-12,18H2,1H3,(H,33,35)/b22-13-. The van der Waals surface area contributed by atoms with Gasteiger partial charge in [-0.1, -0.05) is 41.9 Å². The molecule has 0 aliphatic heterocycles. The van der Waals surface area contributed by atoms with Gasteiger partial charge < -0.3 is 19.8 Å². The Bertz CT molecular complexity index is 1470. The van der Waals surface area contributed by atoms with Crippen LogP contribution in [0.3, 0.4) is 0 Å². The fourth-order valence-electron chi connectivity index (χ4n) is 3.87. The maximum atomic E-state index is 12.7. The molecule has 8 heteroatoms. The average molecular weight is 579 g/mol. The van der Waals surface area contributed by atoms with Gasteiger partial charge in [0.2, 0.25) is 0 Å². The number of nitrogens with zero attached hydrogens (tertiary/aromatic N) is 1. The third kappa shape index (κ3) is 6.73. The van der Waals surface area contributed by atoms with Crippen molar-refractivity contribution in [1.82, 2.24) is 10.3 Å². The van der Waals surface area contributed by atoms with Gasteiger partial charge in [-0.25, -0.2) is 0 Å². The normalized spacial score (nSPS) is 11.2. The number of fused-ring (bicyclic) bond motifs is 1. The summed E-state index contributed by atoms with van der Waals surface area (Å²) in [5.41, 5.74) is 3.76. The highest BCUT2D eigenvalue weighted by Crippen LogP contribution is 2.38. The van der Waals surface area contributed by atoms with E-state index in [1.807, 2.05) is 67.7 Å². The van der Waals surface area contributed by atoms with Gasteiger partial charge in [0.1, 0.15) is 18.2 Å². The number of nitrogens with one attached hydrogen (secondary N) is 2. The van der Waals surface area contributed by atoms with Gasteiger partial charge in [-0.3, -0.25) is 4.79 Å². The number of H-pyrrole nitrogens is 1. The van der Waals surface area contributed by atoms with Crippen molar-refractivity contribution in [3.05, 3.63) is 98.6 Å². The molecule has 0 saturated heterocycles. The molecule has 0 unspecified atom stereocenters. The van der Waals surface area contributed by atoms with Crippen molar-refractivity contribution in [3.63, 3.8) is 0 Å². The smallest absolute Gasteiger partial charge is 0.261 e. The van der Waals surface area contributed by atoms with E-state index >= 15 is 0 Å². The van der Waals surface area contributed by atoms with E-state index in [9.17, 15) is 10.1 Å². The molecule has 0 aliphatic carbocycles. The molecule has 0 atom stereocenters. The molecule has 1 heterocycles. The minimum Gasteiger partial charge on any atom is -0.490 e. The first-order valence-corrected chi connectivity index (χ1v) is 12.9. The zero-order valence-electron chi connectivity index (χ0n) is 20.2. The SMILES string of the molecule is CCOc1cc(/C=C(/C#N)C(=O)NCCc2c[nH]c3ccccc23)cc(Br)c1OCc1ccc(Cl)cc1. The highest BCUT2D eigenvalue weighted by molar-refractivity contribution is 9.10. The van der Waals surface area contributed by atoms with Crippen LogP contribution in [0.2, 0.25) is 5.02 Å². The topological polar surface area (TPSA) is 87.1 Å². The number of rotatable bonds is 10. The van der Waals surface area contributed by atoms with Crippen LogP contribution in [0.4, 0.5) is 0 Å². The molecule has 2 N–H and O–H groups in total. The highest BCUT2D eigenvalue weighted by Gasteiger charge is 2.15. The van der Waals surface area contributed by atoms with E-state index in [1.165, 1.54) is 6.08 Å². The number of hydrogen-bond donors (Lipinski definition) is 2. The number of carbonyl (C=O) groups is 1. The molecule has 1 amide bonds. The summed E-state index contributed by atoms with van der Waals surface area (Å²) < 4.78 is 12.5. The lowest BCUT2D eigenvalue weighted by Gasteiger charge is -2.15. The second kappa shape index (κ2) is 12.5. The zero-order chi connectivity index (χ0) is 26.2. The van der Waals surface area contributed by atoms with E-state index < -0.39 is 5.91 Å². The molecule has 188 valence electrons. The summed E-state index contributed by atoms with van der Waals surface area (Å²) in [5.74, 6) is 0.615. The van der Waals surface area contributed by atoms with Gasteiger partial charge >= 0.3 is 0 Å². The molecule has 0 fully saturated rings. The Hall–Kier alpha value is -3.73. The third-order valence-electron chi connectivity index (χ3n) is 5.66. The zero-order valence-corrected chi connectivity index (χ0v) is 22.5. The van der Waals surface area contributed by atoms with E-state index in [0.29, 0.717) is 52.7 Å². The first-order valence-electron chi connectivity index (χ1n) is 11.8. The molecule has 0 radical (unpaired) electrons. The maximum Gasteiger partial charge on any atom is 0.261 e. The monoisotopic (exact) mass is 577 g/mol. The quantitative estimate of drug-likeness (QED) is 0.160. The molecule has 0 spiro atoms. The molecule has 37 heavy (non-hydrogen) atoms. The predicted octanol–water partition coefficient (Wildman–Crippen LogP) is 6.83. The first-order chi connectivity index (χ1) is 18.0. The number of halogens is 2. The molecule has 6 nitrogen and oxygen atoms in total. The lowest BCUT2D eigenvalue weighted by atomic mass is 10.1. The Kier molecular flexibility index (Phi) is 8.89. The van der Waals surface area contributed by atoms with Crippen LogP contribution in [-0.4, -0.2) is 24.0 Å². The van der Waals surface area contributed by atoms with Crippen LogP contribution in [0, 0.1) is 11.3 Å². The molecule has 0 saturated carbocycles. The minimum absolute atomic E-state index is 0.00288. The van der Waals surface area contributed by atoms with E-state index in [4.69, 9.17) is 21.1 Å². The molecule has 1 aromatic heterocycles. The summed E-state index contributed by atoms with van der Waals surface area (Å²) in [5, 5.41) is 14.3. The number of benzene rings is 3. The van der Waals surface area contributed by atoms with Crippen molar-refractivity contribution < 1.29 is 14.3 Å². The summed E-state index contributed by atoms with van der Waals surface area (Å²) in [7, 11) is 0. The number of para-hydroxylation sites is 1. The summed E-state index contributed by atoms with van der Waals surface area (Å²) >= 11 is 9.50. The van der Waals surface area contributed by atoms with Crippen LogP contribution in [0.5, 0.6) is 11.5 Å². The summed E-state index contributed by atoms with van der Waals surface area (Å²) in [4.78, 5) is 16.0. The van der Waals surface area contributed by atoms with Crippen LogP contribution >= 0.6 is 27.5 Å². The van der Waals surface area contributed by atoms with E-state index in [0.717, 1.165) is 22.0 Å². The Labute approximate surface area is 229 Å². The predicted molar refractivity (Wildman–Crippen MR) is 150 cm³/mol. The molecule has 4 rings (SSSR count). The molecular weight excluding hydrogens is 554 g/mol. The Morgan fingerprint density at radius 3 is 2.70 bits per heavy atom. The number of aromatic nitrogens is 1. The molecular formula is C29H25BrClN3O3. The van der Waals surface area contributed by atoms with Crippen molar-refractivity contribution in [1.29, 1.82) is 5.26 Å². The van der Waals surface area contributed by atoms with E-state index in [1.54, 1.807) is 12.1 Å². The van der Waals surface area contributed by atoms with Crippen LogP contribution in [-0.2, 0) is 17.8 Å². The summed E-state index contributed by atoms with van der Waals surface area (Å²) in [6.07, 6.45) is 4.13. The fraction of sp³-hybridized carbons (Fsp3) is 0.172. The van der Waals surface area contributed by atoms with Crippen LogP contribution in [0.25, 0.3) is 17.0 Å². The van der Waals surface area contributed by atoms with Gasteiger partial charge in [-0.15, -0.1) is 0 Å². The van der Waals surface area contributed by atoms with Crippen molar-refractivity contribution in [3.8, 4) is 17.6 Å². The van der Waals surface area contributed by atoms with E-state index in [2.05, 4.69) is 26.2 Å². The van der Waals surface area contributed by atoms with Crippen LogP contribution in [0.15, 0.2) is 76.9 Å². The summed E-state index contributed by atoms with van der Waals surface area (Å²) in [6.45, 7) is 3.04. The van der Waals surface area contributed by atoms with Gasteiger partial charge in [0.25, 0.3) is 5.91 Å². The largest absolute Gasteiger partial charge is 0.490 e. The number of nitriles is 1. The second-order valence-electron chi connectivity index (χ2n) is 8.21. The van der Waals surface area contributed by atoms with Gasteiger partial charge in [-0.05, 0) is 82.4 Å². The van der Waals surface area contributed by atoms with Gasteiger partial charge in [-0.2, -0.15) is 5.26 Å². The number of carbonyl (C=O) groups excluding carboxylic acids is 1. The van der Waals surface area contributed by atoms with Crippen molar-refractivity contribution in [2.75, 3.05) is 13.2 Å². The number of ether oxygens (including phenoxy) is 2. The number of amides is 1. The van der Waals surface area contributed by atoms with Crippen LogP contribution in [0.1, 0.15) is 23.6 Å². The third-order valence-corrected chi connectivity index (χ3v) is 6.50. The van der Waals surface area contributed by atoms with Crippen molar-refractivity contribution in [2.45, 2.75) is 20.0 Å². The maximum absolute atomic E-state index is 12.7. The van der Waals surface area contributed by atoms with Crippen LogP contribution < -0.4 is 14.8 Å². The fourth-order valence-corrected chi connectivity index (χ4v) is 4.57. The van der Waals surface area contributed by atoms with Gasteiger partial charge in [0.15, 0.2) is 11.5 Å².